The molecular formula is C25H35N3O4S. The van der Waals surface area contributed by atoms with Crippen LogP contribution in [-0.2, 0) is 32.6 Å². The van der Waals surface area contributed by atoms with Crippen molar-refractivity contribution in [1.82, 2.24) is 14.5 Å². The van der Waals surface area contributed by atoms with Gasteiger partial charge < -0.3 is 10.2 Å². The maximum atomic E-state index is 13.4. The highest BCUT2D eigenvalue weighted by Crippen LogP contribution is 2.15. The molecule has 8 heteroatoms. The number of hydrogen-bond acceptors (Lipinski definition) is 4. The maximum absolute atomic E-state index is 13.4. The van der Waals surface area contributed by atoms with Crippen LogP contribution in [0.25, 0.3) is 0 Å². The van der Waals surface area contributed by atoms with Crippen LogP contribution >= 0.6 is 0 Å². The van der Waals surface area contributed by atoms with Gasteiger partial charge in [-0.05, 0) is 17.5 Å². The minimum atomic E-state index is -3.54. The minimum absolute atomic E-state index is 0.206. The molecule has 0 bridgehead atoms. The Hall–Kier alpha value is -2.71. The summed E-state index contributed by atoms with van der Waals surface area (Å²) in [6.45, 7) is 2.50. The summed E-state index contributed by atoms with van der Waals surface area (Å²) in [5.41, 5.74) is 1.79. The summed E-state index contributed by atoms with van der Waals surface area (Å²) in [6, 6.07) is 18.2. The molecule has 2 rings (SSSR count). The van der Waals surface area contributed by atoms with E-state index < -0.39 is 22.0 Å². The molecule has 0 aromatic heterocycles. The Morgan fingerprint density at radius 1 is 0.939 bits per heavy atom. The van der Waals surface area contributed by atoms with Gasteiger partial charge in [-0.2, -0.15) is 4.31 Å². The van der Waals surface area contributed by atoms with Gasteiger partial charge in [0.05, 0.1) is 12.8 Å². The highest BCUT2D eigenvalue weighted by molar-refractivity contribution is 7.88. The normalized spacial score (nSPS) is 12.4. The number of likely N-dealkylation sites (N-methyl/N-ethyl adjacent to an activating group) is 1. The first-order valence-electron chi connectivity index (χ1n) is 11.3. The average molecular weight is 474 g/mol. The molecule has 0 fully saturated rings. The molecule has 0 aliphatic carbocycles. The molecule has 2 aromatic rings. The topological polar surface area (TPSA) is 86.8 Å². The summed E-state index contributed by atoms with van der Waals surface area (Å²) < 4.78 is 24.8. The second-order valence-corrected chi connectivity index (χ2v) is 10.3. The van der Waals surface area contributed by atoms with Crippen molar-refractivity contribution in [2.75, 3.05) is 26.4 Å². The van der Waals surface area contributed by atoms with Gasteiger partial charge in [0.2, 0.25) is 21.8 Å². The second-order valence-electron chi connectivity index (χ2n) is 8.23. The van der Waals surface area contributed by atoms with E-state index in [9.17, 15) is 18.0 Å². The molecule has 0 spiro atoms. The molecule has 2 amide bonds. The molecular weight excluding hydrogens is 438 g/mol. The van der Waals surface area contributed by atoms with Gasteiger partial charge >= 0.3 is 0 Å². The molecule has 180 valence electrons. The fourth-order valence-electron chi connectivity index (χ4n) is 3.44. The maximum Gasteiger partial charge on any atom is 0.243 e. The van der Waals surface area contributed by atoms with Gasteiger partial charge in [-0.15, -0.1) is 0 Å². The van der Waals surface area contributed by atoms with Gasteiger partial charge in [-0.3, -0.25) is 9.59 Å². The summed E-state index contributed by atoms with van der Waals surface area (Å²) in [5, 5.41) is 2.98. The molecule has 0 unspecified atom stereocenters. The van der Waals surface area contributed by atoms with Crippen molar-refractivity contribution >= 4 is 21.8 Å². The summed E-state index contributed by atoms with van der Waals surface area (Å²) in [5.74, 6) is -0.655. The van der Waals surface area contributed by atoms with Gasteiger partial charge in [0.15, 0.2) is 0 Å². The third-order valence-corrected chi connectivity index (χ3v) is 6.73. The Balaban J connectivity index is 2.36. The van der Waals surface area contributed by atoms with E-state index in [2.05, 4.69) is 12.2 Å². The van der Waals surface area contributed by atoms with Crippen LogP contribution in [0.4, 0.5) is 0 Å². The van der Waals surface area contributed by atoms with Crippen LogP contribution in [0, 0.1) is 0 Å². The highest BCUT2D eigenvalue weighted by atomic mass is 32.2. The number of carbonyl (C=O) groups excluding carboxylic acids is 2. The predicted molar refractivity (Wildman–Crippen MR) is 131 cm³/mol. The van der Waals surface area contributed by atoms with Gasteiger partial charge in [0, 0.05) is 26.6 Å². The van der Waals surface area contributed by atoms with Crippen molar-refractivity contribution in [2.24, 2.45) is 0 Å². The summed E-state index contributed by atoms with van der Waals surface area (Å²) in [4.78, 5) is 28.1. The van der Waals surface area contributed by atoms with Gasteiger partial charge in [0.1, 0.15) is 6.04 Å². The molecule has 7 nitrogen and oxygen atoms in total. The minimum Gasteiger partial charge on any atom is -0.354 e. The Kier molecular flexibility index (Phi) is 10.5. The zero-order valence-electron chi connectivity index (χ0n) is 19.7. The van der Waals surface area contributed by atoms with E-state index in [0.29, 0.717) is 13.0 Å². The number of carbonyl (C=O) groups is 2. The molecule has 33 heavy (non-hydrogen) atoms. The van der Waals surface area contributed by atoms with Crippen LogP contribution in [0.15, 0.2) is 60.7 Å². The van der Waals surface area contributed by atoms with E-state index in [1.807, 2.05) is 60.7 Å². The first kappa shape index (κ1) is 26.5. The SMILES string of the molecule is CCCCCNC(=O)[C@@H](Cc1ccccc1)N(Cc1ccccc1)C(=O)CN(C)S(C)(=O)=O. The Labute approximate surface area is 197 Å². The molecule has 0 saturated heterocycles. The van der Waals surface area contributed by atoms with E-state index >= 15 is 0 Å². The lowest BCUT2D eigenvalue weighted by Crippen LogP contribution is -2.53. The van der Waals surface area contributed by atoms with Crippen LogP contribution in [0.1, 0.15) is 37.3 Å². The zero-order chi connectivity index (χ0) is 24.3. The van der Waals surface area contributed by atoms with E-state index in [1.165, 1.54) is 11.9 Å². The summed E-state index contributed by atoms with van der Waals surface area (Å²) in [6.07, 6.45) is 4.31. The van der Waals surface area contributed by atoms with Crippen LogP contribution in [0.5, 0.6) is 0 Å². The largest absolute Gasteiger partial charge is 0.354 e. The molecule has 0 aliphatic heterocycles. The molecule has 2 aromatic carbocycles. The summed E-state index contributed by atoms with van der Waals surface area (Å²) >= 11 is 0. The molecule has 1 N–H and O–H groups in total. The number of rotatable bonds is 13. The third kappa shape index (κ3) is 8.98. The fraction of sp³-hybridized carbons (Fsp3) is 0.440. The second kappa shape index (κ2) is 13.1. The standard InChI is InChI=1S/C25H35N3O4S/c1-4-5-12-17-26-25(30)23(18-21-13-8-6-9-14-21)28(19-22-15-10-7-11-16-22)24(29)20-27(2)33(3,31)32/h6-11,13-16,23H,4-5,12,17-20H2,1-3H3,(H,26,30)/t23-/m1/s1. The Morgan fingerprint density at radius 2 is 1.52 bits per heavy atom. The Bertz CT molecular complexity index is 981. The number of sulfonamides is 1. The molecule has 0 saturated carbocycles. The van der Waals surface area contributed by atoms with Gasteiger partial charge in [-0.1, -0.05) is 80.4 Å². The first-order valence-corrected chi connectivity index (χ1v) is 13.1. The lowest BCUT2D eigenvalue weighted by Gasteiger charge is -2.32. The average Bonchev–Trinajstić information content (AvgIpc) is 2.79. The van der Waals surface area contributed by atoms with Crippen molar-refractivity contribution in [3.8, 4) is 0 Å². The molecule has 0 radical (unpaired) electrons. The number of nitrogens with one attached hydrogen (secondary N) is 1. The lowest BCUT2D eigenvalue weighted by molar-refractivity contribution is -0.141. The van der Waals surface area contributed by atoms with Crippen molar-refractivity contribution in [2.45, 2.75) is 45.2 Å². The van der Waals surface area contributed by atoms with E-state index in [1.54, 1.807) is 0 Å². The quantitative estimate of drug-likeness (QED) is 0.453. The van der Waals surface area contributed by atoms with Gasteiger partial charge in [-0.25, -0.2) is 8.42 Å². The van der Waals surface area contributed by atoms with E-state index in [0.717, 1.165) is 41.0 Å². The van der Waals surface area contributed by atoms with Crippen molar-refractivity contribution < 1.29 is 18.0 Å². The number of unbranched alkanes of at least 4 members (excludes halogenated alkanes) is 2. The number of nitrogens with zero attached hydrogens (tertiary/aromatic N) is 2. The lowest BCUT2D eigenvalue weighted by atomic mass is 10.0. The number of hydrogen-bond donors (Lipinski definition) is 1. The number of amides is 2. The summed E-state index contributed by atoms with van der Waals surface area (Å²) in [7, 11) is -2.18. The monoisotopic (exact) mass is 473 g/mol. The van der Waals surface area contributed by atoms with Crippen LogP contribution in [0.2, 0.25) is 0 Å². The van der Waals surface area contributed by atoms with Crippen LogP contribution in [0.3, 0.4) is 0 Å². The predicted octanol–water partition coefficient (Wildman–Crippen LogP) is 2.82. The first-order chi connectivity index (χ1) is 15.7. The highest BCUT2D eigenvalue weighted by Gasteiger charge is 2.31. The van der Waals surface area contributed by atoms with E-state index in [-0.39, 0.29) is 19.0 Å². The van der Waals surface area contributed by atoms with Crippen molar-refractivity contribution in [3.05, 3.63) is 71.8 Å². The van der Waals surface area contributed by atoms with Crippen molar-refractivity contribution in [1.29, 1.82) is 0 Å². The zero-order valence-corrected chi connectivity index (χ0v) is 20.6. The van der Waals surface area contributed by atoms with Crippen LogP contribution < -0.4 is 5.32 Å². The molecule has 1 atom stereocenters. The van der Waals surface area contributed by atoms with Gasteiger partial charge in [0.25, 0.3) is 0 Å². The smallest absolute Gasteiger partial charge is 0.243 e. The van der Waals surface area contributed by atoms with E-state index in [4.69, 9.17) is 0 Å². The molecule has 0 heterocycles. The fourth-order valence-corrected chi connectivity index (χ4v) is 3.78. The Morgan fingerprint density at radius 3 is 2.06 bits per heavy atom. The van der Waals surface area contributed by atoms with Crippen molar-refractivity contribution in [3.63, 3.8) is 0 Å². The third-order valence-electron chi connectivity index (χ3n) is 5.47. The molecule has 0 aliphatic rings. The van der Waals surface area contributed by atoms with Crippen LogP contribution in [-0.4, -0.2) is 61.9 Å². The number of benzene rings is 2.